The minimum absolute atomic E-state index is 0.00310. The van der Waals surface area contributed by atoms with Crippen LogP contribution in [0.25, 0.3) is 10.8 Å². The molecule has 0 fully saturated rings. The van der Waals surface area contributed by atoms with E-state index in [-0.39, 0.29) is 29.1 Å². The number of nitrogen functional groups attached to an aromatic ring is 1. The number of aromatic nitrogens is 4. The number of Topliss-reactive ketones (excluding diaryl/α,β-unsaturated/α-hetero) is 1. The molecule has 0 spiro atoms. The van der Waals surface area contributed by atoms with E-state index in [1.54, 1.807) is 12.1 Å². The van der Waals surface area contributed by atoms with Crippen molar-refractivity contribution in [3.05, 3.63) is 66.7 Å². The van der Waals surface area contributed by atoms with Gasteiger partial charge in [-0.05, 0) is 12.0 Å². The second-order valence-electron chi connectivity index (χ2n) is 7.50. The number of hydrogen-bond acceptors (Lipinski definition) is 7. The molecular formula is C20H21N5O6. The highest BCUT2D eigenvalue weighted by molar-refractivity contribution is 6.02. The normalized spacial score (nSPS) is 11.2. The van der Waals surface area contributed by atoms with Crippen LogP contribution < -0.4 is 22.5 Å². The molecule has 0 unspecified atom stereocenters. The number of benzene rings is 1. The number of rotatable bonds is 6. The lowest BCUT2D eigenvalue weighted by Crippen LogP contribution is -2.44. The molecule has 0 amide bonds. The van der Waals surface area contributed by atoms with E-state index >= 15 is 0 Å². The third-order valence-corrected chi connectivity index (χ3v) is 4.77. The maximum Gasteiger partial charge on any atom is 0.357 e. The third kappa shape index (κ3) is 3.77. The molecule has 0 aliphatic carbocycles. The number of carbonyl (C=O) groups excluding carboxylic acids is 1. The Balaban J connectivity index is 2.18. The van der Waals surface area contributed by atoms with Gasteiger partial charge in [0.25, 0.3) is 11.1 Å². The maximum atomic E-state index is 13.0. The van der Waals surface area contributed by atoms with Gasteiger partial charge in [0.05, 0.1) is 5.39 Å². The highest BCUT2D eigenvalue weighted by Crippen LogP contribution is 2.14. The summed E-state index contributed by atoms with van der Waals surface area (Å²) in [6, 6.07) is 5.97. The summed E-state index contributed by atoms with van der Waals surface area (Å²) in [6.45, 7) is 3.13. The van der Waals surface area contributed by atoms with Crippen molar-refractivity contribution in [2.24, 2.45) is 13.0 Å². The number of carboxylic acid groups (broad SMARTS) is 1. The fraction of sp³-hybridized carbons (Fsp3) is 0.300. The van der Waals surface area contributed by atoms with E-state index in [4.69, 9.17) is 5.73 Å². The highest BCUT2D eigenvalue weighted by atomic mass is 16.4. The lowest BCUT2D eigenvalue weighted by molar-refractivity contribution is 0.0688. The van der Waals surface area contributed by atoms with Gasteiger partial charge in [-0.15, -0.1) is 0 Å². The predicted molar refractivity (Wildman–Crippen MR) is 112 cm³/mol. The van der Waals surface area contributed by atoms with Crippen molar-refractivity contribution in [3.63, 3.8) is 0 Å². The first-order chi connectivity index (χ1) is 14.5. The van der Waals surface area contributed by atoms with Crippen LogP contribution in [0.3, 0.4) is 0 Å². The molecule has 162 valence electrons. The Morgan fingerprint density at radius 3 is 2.29 bits per heavy atom. The minimum atomic E-state index is -1.38. The second-order valence-corrected chi connectivity index (χ2v) is 7.50. The average Bonchev–Trinajstić information content (AvgIpc) is 2.71. The molecule has 31 heavy (non-hydrogen) atoms. The van der Waals surface area contributed by atoms with Crippen LogP contribution in [0.2, 0.25) is 0 Å². The summed E-state index contributed by atoms with van der Waals surface area (Å²) in [5.74, 6) is -2.54. The monoisotopic (exact) mass is 427 g/mol. The lowest BCUT2D eigenvalue weighted by Gasteiger charge is -2.16. The van der Waals surface area contributed by atoms with Gasteiger partial charge in [-0.2, -0.15) is 5.10 Å². The van der Waals surface area contributed by atoms with Crippen molar-refractivity contribution >= 4 is 28.3 Å². The van der Waals surface area contributed by atoms with Crippen molar-refractivity contribution in [2.45, 2.75) is 26.9 Å². The minimum Gasteiger partial charge on any atom is -0.476 e. The van der Waals surface area contributed by atoms with Gasteiger partial charge >= 0.3 is 11.7 Å². The van der Waals surface area contributed by atoms with Gasteiger partial charge in [0.1, 0.15) is 17.9 Å². The average molecular weight is 427 g/mol. The molecule has 11 heteroatoms. The van der Waals surface area contributed by atoms with Crippen LogP contribution >= 0.6 is 0 Å². The number of nitrogens with zero attached hydrogens (tertiary/aromatic N) is 4. The van der Waals surface area contributed by atoms with Gasteiger partial charge in [0.15, 0.2) is 11.5 Å². The summed E-state index contributed by atoms with van der Waals surface area (Å²) in [5, 5.41) is 13.4. The van der Waals surface area contributed by atoms with Crippen LogP contribution in [-0.2, 0) is 20.1 Å². The van der Waals surface area contributed by atoms with Gasteiger partial charge < -0.3 is 10.8 Å². The molecular weight excluding hydrogens is 406 g/mol. The van der Waals surface area contributed by atoms with Crippen molar-refractivity contribution in [3.8, 4) is 0 Å². The Labute approximate surface area is 175 Å². The Kier molecular flexibility index (Phi) is 5.60. The van der Waals surface area contributed by atoms with Crippen LogP contribution in [0, 0.1) is 5.92 Å². The van der Waals surface area contributed by atoms with Crippen molar-refractivity contribution in [2.75, 3.05) is 5.73 Å². The molecule has 0 aliphatic heterocycles. The molecule has 0 radical (unpaired) electrons. The number of anilines is 1. The van der Waals surface area contributed by atoms with Gasteiger partial charge in [-0.1, -0.05) is 32.0 Å². The molecule has 1 aromatic carbocycles. The third-order valence-electron chi connectivity index (χ3n) is 4.77. The molecule has 3 N–H and O–H groups in total. The lowest BCUT2D eigenvalue weighted by atomic mass is 10.1. The number of carbonyl (C=O) groups is 2. The van der Waals surface area contributed by atoms with E-state index < -0.39 is 46.4 Å². The predicted octanol–water partition coefficient (Wildman–Crippen LogP) is 0.0762. The van der Waals surface area contributed by atoms with Gasteiger partial charge in [0, 0.05) is 19.0 Å². The van der Waals surface area contributed by atoms with E-state index in [9.17, 15) is 29.1 Å². The molecule has 3 aromatic rings. The molecule has 0 aliphatic rings. The summed E-state index contributed by atoms with van der Waals surface area (Å²) >= 11 is 0. The zero-order valence-electron chi connectivity index (χ0n) is 17.2. The summed E-state index contributed by atoms with van der Waals surface area (Å²) in [4.78, 5) is 62.3. The quantitative estimate of drug-likeness (QED) is 0.523. The number of hydrogen-bond donors (Lipinski definition) is 2. The van der Waals surface area contributed by atoms with E-state index in [1.807, 2.05) is 13.8 Å². The van der Waals surface area contributed by atoms with Gasteiger partial charge in [-0.3, -0.25) is 23.5 Å². The second kappa shape index (κ2) is 8.01. The fourth-order valence-electron chi connectivity index (χ4n) is 3.30. The first-order valence-corrected chi connectivity index (χ1v) is 9.40. The number of ketones is 1. The zero-order chi connectivity index (χ0) is 23.0. The number of nitrogens with two attached hydrogens (primary N) is 1. The molecule has 0 atom stereocenters. The Bertz CT molecular complexity index is 1400. The Morgan fingerprint density at radius 2 is 1.71 bits per heavy atom. The van der Waals surface area contributed by atoms with E-state index in [0.29, 0.717) is 4.68 Å². The molecule has 0 bridgehead atoms. The molecule has 0 saturated carbocycles. The largest absolute Gasteiger partial charge is 0.476 e. The number of carboxylic acids is 1. The van der Waals surface area contributed by atoms with Crippen molar-refractivity contribution in [1.29, 1.82) is 0 Å². The van der Waals surface area contributed by atoms with Crippen LogP contribution in [0.1, 0.15) is 34.7 Å². The van der Waals surface area contributed by atoms with E-state index in [2.05, 4.69) is 5.10 Å². The summed E-state index contributed by atoms with van der Waals surface area (Å²) in [7, 11) is 1.22. The Hall–Kier alpha value is -4.02. The van der Waals surface area contributed by atoms with Crippen LogP contribution in [0.4, 0.5) is 5.82 Å². The fourth-order valence-corrected chi connectivity index (χ4v) is 3.30. The Morgan fingerprint density at radius 1 is 1.10 bits per heavy atom. The number of aromatic carboxylic acids is 1. The van der Waals surface area contributed by atoms with E-state index in [1.165, 1.54) is 19.2 Å². The highest BCUT2D eigenvalue weighted by Gasteiger charge is 2.24. The summed E-state index contributed by atoms with van der Waals surface area (Å²) in [6.07, 6.45) is 0. The molecule has 2 heterocycles. The van der Waals surface area contributed by atoms with Gasteiger partial charge in [0.2, 0.25) is 0 Å². The zero-order valence-corrected chi connectivity index (χ0v) is 17.2. The summed E-state index contributed by atoms with van der Waals surface area (Å²) < 4.78 is 2.58. The first kappa shape index (κ1) is 21.7. The molecule has 2 aromatic heterocycles. The van der Waals surface area contributed by atoms with Crippen molar-refractivity contribution < 1.29 is 14.7 Å². The SMILES string of the molecule is CC(C)Cn1c(N)c(C(=O)Cn2nc(C(=O)O)c3ccccc3c2=O)c(=O)n(C)c1=O. The van der Waals surface area contributed by atoms with Crippen LogP contribution in [-0.4, -0.2) is 35.8 Å². The van der Waals surface area contributed by atoms with Crippen LogP contribution in [0.15, 0.2) is 38.6 Å². The maximum absolute atomic E-state index is 13.0. The van der Waals surface area contributed by atoms with E-state index in [0.717, 1.165) is 9.13 Å². The molecule has 0 saturated heterocycles. The first-order valence-electron chi connectivity index (χ1n) is 9.40. The van der Waals surface area contributed by atoms with Crippen LogP contribution in [0.5, 0.6) is 0 Å². The van der Waals surface area contributed by atoms with Crippen molar-refractivity contribution in [1.82, 2.24) is 18.9 Å². The molecule has 11 nitrogen and oxygen atoms in total. The summed E-state index contributed by atoms with van der Waals surface area (Å²) in [5.41, 5.74) is 2.86. The smallest absolute Gasteiger partial charge is 0.357 e. The topological polar surface area (TPSA) is 159 Å². The molecule has 3 rings (SSSR count). The van der Waals surface area contributed by atoms with Gasteiger partial charge in [-0.25, -0.2) is 14.3 Å². The number of fused-ring (bicyclic) bond motifs is 1. The standard InChI is InChI=1S/C20H21N5O6/c1-10(2)8-24-16(21)14(18(28)23(3)20(24)31)13(26)9-25-17(27)12-7-5-4-6-11(12)15(22-25)19(29)30/h4-7,10H,8-9,21H2,1-3H3,(H,29,30).